The molecule has 0 fully saturated rings. The van der Waals surface area contributed by atoms with Crippen LogP contribution >= 0.6 is 11.3 Å². The molecule has 4 nitrogen and oxygen atoms in total. The lowest BCUT2D eigenvalue weighted by Crippen LogP contribution is -2.20. The molecule has 3 aromatic rings. The maximum absolute atomic E-state index is 11.9. The summed E-state index contributed by atoms with van der Waals surface area (Å²) in [5, 5.41) is 3.87. The Morgan fingerprint density at radius 2 is 2.08 bits per heavy atom. The van der Waals surface area contributed by atoms with Gasteiger partial charge in [0.05, 0.1) is 18.5 Å². The number of hydrogen-bond acceptors (Lipinski definition) is 4. The van der Waals surface area contributed by atoms with E-state index in [1.54, 1.807) is 35.8 Å². The summed E-state index contributed by atoms with van der Waals surface area (Å²) < 4.78 is 5.15. The van der Waals surface area contributed by atoms with Gasteiger partial charge in [0.25, 0.3) is 0 Å². The van der Waals surface area contributed by atoms with E-state index in [0.717, 1.165) is 21.1 Å². The Kier molecular flexibility index (Phi) is 4.91. The summed E-state index contributed by atoms with van der Waals surface area (Å²) in [5.74, 6) is 0.498. The van der Waals surface area contributed by atoms with E-state index in [0.29, 0.717) is 12.3 Å². The molecule has 0 aliphatic carbocycles. The molecule has 0 spiro atoms. The van der Waals surface area contributed by atoms with Crippen molar-refractivity contribution in [2.24, 2.45) is 0 Å². The molecule has 1 amide bonds. The van der Waals surface area contributed by atoms with Gasteiger partial charge in [0.2, 0.25) is 5.91 Å². The van der Waals surface area contributed by atoms with Gasteiger partial charge in [0, 0.05) is 16.5 Å². The number of benzene rings is 1. The number of aromatic nitrogens is 1. The zero-order chi connectivity index (χ0) is 16.9. The van der Waals surface area contributed by atoms with Gasteiger partial charge in [-0.25, -0.2) is 4.98 Å². The zero-order valence-electron chi connectivity index (χ0n) is 13.6. The Hall–Kier alpha value is -2.66. The molecule has 2 aromatic heterocycles. The summed E-state index contributed by atoms with van der Waals surface area (Å²) in [4.78, 5) is 17.6. The van der Waals surface area contributed by atoms with Crippen LogP contribution in [0.5, 0.6) is 0 Å². The van der Waals surface area contributed by atoms with Crippen LogP contribution < -0.4 is 5.32 Å². The number of aryl methyl sites for hydroxylation is 2. The van der Waals surface area contributed by atoms with Crippen LogP contribution in [0.4, 0.5) is 0 Å². The summed E-state index contributed by atoms with van der Waals surface area (Å²) in [5.41, 5.74) is 3.29. The Morgan fingerprint density at radius 1 is 1.25 bits per heavy atom. The number of nitrogens with zero attached hydrogens (tertiary/aromatic N) is 1. The maximum atomic E-state index is 11.9. The first-order chi connectivity index (χ1) is 11.6. The minimum absolute atomic E-state index is 0.156. The fourth-order valence-electron chi connectivity index (χ4n) is 2.29. The molecule has 0 atom stereocenters. The van der Waals surface area contributed by atoms with Crippen molar-refractivity contribution in [1.29, 1.82) is 0 Å². The van der Waals surface area contributed by atoms with Crippen molar-refractivity contribution in [2.45, 2.75) is 20.4 Å². The molecular formula is C19H18N2O2S. The summed E-state index contributed by atoms with van der Waals surface area (Å²) in [7, 11) is 0. The Morgan fingerprint density at radius 3 is 2.83 bits per heavy atom. The number of carbonyl (C=O) groups excluding carboxylic acids is 1. The smallest absolute Gasteiger partial charge is 0.244 e. The molecule has 2 heterocycles. The fraction of sp³-hybridized carbons (Fsp3) is 0.158. The first-order valence-electron chi connectivity index (χ1n) is 7.65. The zero-order valence-corrected chi connectivity index (χ0v) is 14.4. The van der Waals surface area contributed by atoms with E-state index in [1.807, 2.05) is 19.1 Å². The molecule has 122 valence electrons. The first-order valence-corrected chi connectivity index (χ1v) is 8.47. The third-order valence-corrected chi connectivity index (χ3v) is 4.82. The largest absolute Gasteiger partial charge is 0.465 e. The highest BCUT2D eigenvalue weighted by Crippen LogP contribution is 2.29. The van der Waals surface area contributed by atoms with Crippen molar-refractivity contribution in [1.82, 2.24) is 10.3 Å². The van der Waals surface area contributed by atoms with Gasteiger partial charge in [0.1, 0.15) is 10.8 Å². The molecule has 0 aliphatic heterocycles. The Balaban J connectivity index is 1.66. The lowest BCUT2D eigenvalue weighted by molar-refractivity contribution is -0.116. The number of nitrogens with one attached hydrogen (secondary N) is 1. The number of amides is 1. The predicted octanol–water partition coefficient (Wildman–Crippen LogP) is 4.35. The molecule has 24 heavy (non-hydrogen) atoms. The Labute approximate surface area is 144 Å². The van der Waals surface area contributed by atoms with Crippen molar-refractivity contribution < 1.29 is 9.21 Å². The first kappa shape index (κ1) is 16.2. The van der Waals surface area contributed by atoms with E-state index in [4.69, 9.17) is 4.42 Å². The van der Waals surface area contributed by atoms with E-state index in [2.05, 4.69) is 29.4 Å². The molecular weight excluding hydrogens is 320 g/mol. The van der Waals surface area contributed by atoms with Gasteiger partial charge >= 0.3 is 0 Å². The second-order valence-electron chi connectivity index (χ2n) is 5.41. The van der Waals surface area contributed by atoms with Crippen molar-refractivity contribution in [3.8, 4) is 10.6 Å². The standard InChI is InChI=1S/C19H18N2O2S/c1-13-6-3-4-8-16(13)19-21-14(2)17(24-19)12-20-18(22)10-9-15-7-5-11-23-15/h3-11H,12H2,1-2H3,(H,20,22). The number of thiazole rings is 1. The fourth-order valence-corrected chi connectivity index (χ4v) is 3.38. The highest BCUT2D eigenvalue weighted by atomic mass is 32.1. The van der Waals surface area contributed by atoms with E-state index in [1.165, 1.54) is 11.6 Å². The molecule has 0 radical (unpaired) electrons. The van der Waals surface area contributed by atoms with Gasteiger partial charge in [-0.1, -0.05) is 24.3 Å². The highest BCUT2D eigenvalue weighted by Gasteiger charge is 2.11. The van der Waals surface area contributed by atoms with Crippen molar-refractivity contribution in [3.63, 3.8) is 0 Å². The SMILES string of the molecule is Cc1ccccc1-c1nc(C)c(CNC(=O)C=Cc2ccco2)s1. The monoisotopic (exact) mass is 338 g/mol. The quantitative estimate of drug-likeness (QED) is 0.704. The molecule has 5 heteroatoms. The normalized spacial score (nSPS) is 11.1. The minimum atomic E-state index is -0.156. The molecule has 0 saturated carbocycles. The van der Waals surface area contributed by atoms with Gasteiger partial charge in [0.15, 0.2) is 0 Å². The van der Waals surface area contributed by atoms with Crippen LogP contribution in [0.2, 0.25) is 0 Å². The van der Waals surface area contributed by atoms with E-state index < -0.39 is 0 Å². The second kappa shape index (κ2) is 7.27. The van der Waals surface area contributed by atoms with Crippen LogP contribution in [-0.2, 0) is 11.3 Å². The average Bonchev–Trinajstić information content (AvgIpc) is 3.21. The summed E-state index contributed by atoms with van der Waals surface area (Å²) >= 11 is 1.62. The number of rotatable bonds is 5. The van der Waals surface area contributed by atoms with Crippen molar-refractivity contribution in [2.75, 3.05) is 0 Å². The predicted molar refractivity (Wildman–Crippen MR) is 96.6 cm³/mol. The topological polar surface area (TPSA) is 55.1 Å². The van der Waals surface area contributed by atoms with Gasteiger partial charge in [-0.15, -0.1) is 11.3 Å². The average molecular weight is 338 g/mol. The van der Waals surface area contributed by atoms with Crippen molar-refractivity contribution >= 4 is 23.3 Å². The number of carbonyl (C=O) groups is 1. The lowest BCUT2D eigenvalue weighted by Gasteiger charge is -2.00. The van der Waals surface area contributed by atoms with Crippen LogP contribution in [-0.4, -0.2) is 10.9 Å². The summed E-state index contributed by atoms with van der Waals surface area (Å²) in [6.07, 6.45) is 4.69. The van der Waals surface area contributed by atoms with Crippen LogP contribution in [0.25, 0.3) is 16.6 Å². The van der Waals surface area contributed by atoms with Gasteiger partial charge in [-0.3, -0.25) is 4.79 Å². The molecule has 0 bridgehead atoms. The second-order valence-corrected chi connectivity index (χ2v) is 6.49. The third-order valence-electron chi connectivity index (χ3n) is 3.63. The highest BCUT2D eigenvalue weighted by molar-refractivity contribution is 7.15. The van der Waals surface area contributed by atoms with E-state index in [-0.39, 0.29) is 5.91 Å². The van der Waals surface area contributed by atoms with Crippen LogP contribution in [0.3, 0.4) is 0 Å². The molecule has 3 rings (SSSR count). The van der Waals surface area contributed by atoms with Crippen LogP contribution in [0, 0.1) is 13.8 Å². The molecule has 0 unspecified atom stereocenters. The van der Waals surface area contributed by atoms with E-state index in [9.17, 15) is 4.79 Å². The van der Waals surface area contributed by atoms with Crippen LogP contribution in [0.1, 0.15) is 21.9 Å². The number of furan rings is 1. The lowest BCUT2D eigenvalue weighted by atomic mass is 10.1. The van der Waals surface area contributed by atoms with Crippen LogP contribution in [0.15, 0.2) is 53.2 Å². The summed E-state index contributed by atoms with van der Waals surface area (Å²) in [6.45, 7) is 4.52. The maximum Gasteiger partial charge on any atom is 0.244 e. The van der Waals surface area contributed by atoms with Crippen molar-refractivity contribution in [3.05, 3.63) is 70.6 Å². The molecule has 0 aliphatic rings. The minimum Gasteiger partial charge on any atom is -0.465 e. The molecule has 0 saturated heterocycles. The third kappa shape index (κ3) is 3.81. The van der Waals surface area contributed by atoms with Gasteiger partial charge in [-0.2, -0.15) is 0 Å². The van der Waals surface area contributed by atoms with E-state index >= 15 is 0 Å². The van der Waals surface area contributed by atoms with Gasteiger partial charge in [-0.05, 0) is 37.6 Å². The molecule has 1 aromatic carbocycles. The summed E-state index contributed by atoms with van der Waals surface area (Å²) in [6, 6.07) is 11.8. The molecule has 1 N–H and O–H groups in total. The van der Waals surface area contributed by atoms with Gasteiger partial charge < -0.3 is 9.73 Å². The number of hydrogen-bond donors (Lipinski definition) is 1. The Bertz CT molecular complexity index is 863.